The number of rotatable bonds is 12. The van der Waals surface area contributed by atoms with Gasteiger partial charge in [0.1, 0.15) is 18.3 Å². The smallest absolute Gasteiger partial charge is 0.244 e. The fraction of sp³-hybridized carbons (Fsp3) is 0.375. The normalized spacial score (nSPS) is 14.5. The van der Waals surface area contributed by atoms with Gasteiger partial charge in [-0.25, -0.2) is 8.42 Å². The Kier molecular flexibility index (Phi) is 11.8. The lowest BCUT2D eigenvalue weighted by molar-refractivity contribution is -0.140. The summed E-state index contributed by atoms with van der Waals surface area (Å²) in [6.45, 7) is -0.617. The van der Waals surface area contributed by atoms with Gasteiger partial charge in [-0.3, -0.25) is 13.9 Å². The average molecular weight is 681 g/mol. The number of anilines is 1. The predicted octanol–water partition coefficient (Wildman–Crippen LogP) is 6.51. The molecule has 3 aromatic rings. The fourth-order valence-electron chi connectivity index (χ4n) is 5.39. The molecule has 8 nitrogen and oxygen atoms in total. The molecule has 1 fully saturated rings. The molecule has 3 aromatic carbocycles. The van der Waals surface area contributed by atoms with Gasteiger partial charge in [-0.1, -0.05) is 90.5 Å². The first-order valence-corrected chi connectivity index (χ1v) is 17.3. The van der Waals surface area contributed by atoms with Crippen molar-refractivity contribution in [2.45, 2.75) is 57.2 Å². The Bertz CT molecular complexity index is 1570. The molecule has 1 atom stereocenters. The van der Waals surface area contributed by atoms with Crippen molar-refractivity contribution in [3.05, 3.63) is 92.9 Å². The van der Waals surface area contributed by atoms with Gasteiger partial charge in [0.05, 0.1) is 29.1 Å². The maximum absolute atomic E-state index is 14.3. The van der Waals surface area contributed by atoms with Gasteiger partial charge < -0.3 is 15.0 Å². The minimum absolute atomic E-state index is 0.000286. The van der Waals surface area contributed by atoms with Crippen molar-refractivity contribution in [1.29, 1.82) is 0 Å². The van der Waals surface area contributed by atoms with Crippen molar-refractivity contribution < 1.29 is 22.7 Å². The van der Waals surface area contributed by atoms with E-state index in [1.54, 1.807) is 24.3 Å². The third-order valence-electron chi connectivity index (χ3n) is 7.65. The number of nitrogens with one attached hydrogen (secondary N) is 1. The molecule has 1 saturated carbocycles. The Hall–Kier alpha value is -2.98. The number of sulfonamides is 1. The van der Waals surface area contributed by atoms with Crippen LogP contribution in [-0.2, 0) is 32.6 Å². The zero-order chi connectivity index (χ0) is 31.9. The first kappa shape index (κ1) is 33.9. The summed E-state index contributed by atoms with van der Waals surface area (Å²) in [4.78, 5) is 29.8. The highest BCUT2D eigenvalue weighted by Gasteiger charge is 2.35. The molecule has 1 aliphatic carbocycles. The van der Waals surface area contributed by atoms with E-state index in [1.807, 2.05) is 30.3 Å². The van der Waals surface area contributed by atoms with Crippen molar-refractivity contribution >= 4 is 62.3 Å². The highest BCUT2D eigenvalue weighted by atomic mass is 35.5. The Morgan fingerprint density at radius 3 is 2.27 bits per heavy atom. The summed E-state index contributed by atoms with van der Waals surface area (Å²) < 4.78 is 32.6. The van der Waals surface area contributed by atoms with E-state index in [0.29, 0.717) is 15.6 Å². The molecular weight excluding hydrogens is 645 g/mol. The molecule has 0 aromatic heterocycles. The first-order valence-electron chi connectivity index (χ1n) is 14.3. The molecule has 2 amide bonds. The fourth-order valence-corrected chi connectivity index (χ4v) is 6.72. The predicted molar refractivity (Wildman–Crippen MR) is 176 cm³/mol. The Morgan fingerprint density at radius 2 is 1.64 bits per heavy atom. The highest BCUT2D eigenvalue weighted by molar-refractivity contribution is 7.92. The van der Waals surface area contributed by atoms with Crippen LogP contribution in [0.2, 0.25) is 15.1 Å². The number of amides is 2. The van der Waals surface area contributed by atoms with Crippen LogP contribution < -0.4 is 14.4 Å². The summed E-state index contributed by atoms with van der Waals surface area (Å²) in [6.07, 6.45) is 6.10. The second-order valence-corrected chi connectivity index (χ2v) is 14.1. The van der Waals surface area contributed by atoms with Crippen LogP contribution in [0.4, 0.5) is 5.69 Å². The van der Waals surface area contributed by atoms with Gasteiger partial charge in [0.15, 0.2) is 0 Å². The minimum atomic E-state index is -4.00. The van der Waals surface area contributed by atoms with Gasteiger partial charge in [-0.15, -0.1) is 0 Å². The van der Waals surface area contributed by atoms with E-state index in [1.165, 1.54) is 24.1 Å². The van der Waals surface area contributed by atoms with Gasteiger partial charge in [0.2, 0.25) is 21.8 Å². The molecule has 4 rings (SSSR count). The number of carbonyl (C=O) groups is 2. The summed E-state index contributed by atoms with van der Waals surface area (Å²) in [7, 11) is -2.60. The second kappa shape index (κ2) is 15.3. The SMILES string of the molecule is COc1ccc(Cl)cc1N(CC(=O)N(Cc1ccc(Cl)c(Cl)c1)[C@H](Cc1ccccc1)C(=O)NC1CCCCC1)S(C)(=O)=O. The van der Waals surface area contributed by atoms with Crippen molar-refractivity contribution in [1.82, 2.24) is 10.2 Å². The standard InChI is InChI=1S/C32H36Cl3N3O5S/c1-43-30-16-14-24(33)19-28(30)38(44(2,41)42)21-31(39)37(20-23-13-15-26(34)27(35)17-23)29(18-22-9-5-3-6-10-22)32(40)36-25-11-7-4-8-12-25/h3,5-6,9-10,13-17,19,25,29H,4,7-8,11-12,18,20-21H2,1-2H3,(H,36,40)/t29-/m1/s1. The Labute approximate surface area is 274 Å². The van der Waals surface area contributed by atoms with E-state index >= 15 is 0 Å². The Morgan fingerprint density at radius 1 is 0.932 bits per heavy atom. The van der Waals surface area contributed by atoms with Gasteiger partial charge in [-0.2, -0.15) is 0 Å². The summed E-state index contributed by atoms with van der Waals surface area (Å²) in [5.74, 6) is -0.678. The van der Waals surface area contributed by atoms with Gasteiger partial charge in [0, 0.05) is 24.0 Å². The number of halogens is 3. The Balaban J connectivity index is 1.77. The average Bonchev–Trinajstić information content (AvgIpc) is 2.99. The molecule has 0 heterocycles. The largest absolute Gasteiger partial charge is 0.495 e. The molecule has 0 unspecified atom stereocenters. The summed E-state index contributed by atoms with van der Waals surface area (Å²) in [6, 6.07) is 17.9. The van der Waals surface area contributed by atoms with E-state index in [2.05, 4.69) is 5.32 Å². The van der Waals surface area contributed by atoms with Crippen LogP contribution in [0, 0.1) is 0 Å². The van der Waals surface area contributed by atoms with Gasteiger partial charge in [0.25, 0.3) is 0 Å². The van der Waals surface area contributed by atoms with Crippen LogP contribution in [-0.4, -0.2) is 57.1 Å². The van der Waals surface area contributed by atoms with Crippen LogP contribution in [0.15, 0.2) is 66.7 Å². The number of nitrogens with zero attached hydrogens (tertiary/aromatic N) is 2. The van der Waals surface area contributed by atoms with Crippen molar-refractivity contribution in [3.8, 4) is 5.75 Å². The van der Waals surface area contributed by atoms with Crippen LogP contribution >= 0.6 is 34.8 Å². The molecule has 12 heteroatoms. The monoisotopic (exact) mass is 679 g/mol. The number of methoxy groups -OCH3 is 1. The van der Waals surface area contributed by atoms with E-state index in [9.17, 15) is 18.0 Å². The lowest BCUT2D eigenvalue weighted by Gasteiger charge is -2.35. The second-order valence-electron chi connectivity index (χ2n) is 10.9. The topological polar surface area (TPSA) is 96.0 Å². The molecule has 44 heavy (non-hydrogen) atoms. The van der Waals surface area contributed by atoms with Crippen molar-refractivity contribution in [2.75, 3.05) is 24.2 Å². The number of hydrogen-bond acceptors (Lipinski definition) is 5. The summed E-state index contributed by atoms with van der Waals surface area (Å²) in [5, 5.41) is 4.08. The number of carbonyl (C=O) groups excluding carboxylic acids is 2. The molecule has 0 aliphatic heterocycles. The molecule has 0 spiro atoms. The lowest BCUT2D eigenvalue weighted by Crippen LogP contribution is -2.55. The maximum Gasteiger partial charge on any atom is 0.244 e. The first-order chi connectivity index (χ1) is 21.0. The molecule has 236 valence electrons. The third kappa shape index (κ3) is 9.03. The molecule has 0 radical (unpaired) electrons. The highest BCUT2D eigenvalue weighted by Crippen LogP contribution is 2.33. The van der Waals surface area contributed by atoms with E-state index < -0.39 is 28.5 Å². The van der Waals surface area contributed by atoms with Crippen LogP contribution in [0.5, 0.6) is 5.75 Å². The lowest BCUT2D eigenvalue weighted by atomic mass is 9.94. The molecule has 1 aliphatic rings. The van der Waals surface area contributed by atoms with Crippen molar-refractivity contribution in [2.24, 2.45) is 0 Å². The van der Waals surface area contributed by atoms with Gasteiger partial charge in [-0.05, 0) is 54.3 Å². The number of benzene rings is 3. The van der Waals surface area contributed by atoms with E-state index in [-0.39, 0.29) is 41.4 Å². The van der Waals surface area contributed by atoms with Gasteiger partial charge >= 0.3 is 0 Å². The van der Waals surface area contributed by atoms with E-state index in [0.717, 1.165) is 48.2 Å². The number of ether oxygens (including phenoxy) is 1. The van der Waals surface area contributed by atoms with Crippen LogP contribution in [0.25, 0.3) is 0 Å². The molecule has 0 saturated heterocycles. The quantitative estimate of drug-likeness (QED) is 0.235. The third-order valence-corrected chi connectivity index (χ3v) is 9.75. The zero-order valence-corrected chi connectivity index (χ0v) is 27.7. The van der Waals surface area contributed by atoms with E-state index in [4.69, 9.17) is 39.5 Å². The van der Waals surface area contributed by atoms with Crippen molar-refractivity contribution in [3.63, 3.8) is 0 Å². The molecule has 0 bridgehead atoms. The van der Waals surface area contributed by atoms with Crippen LogP contribution in [0.1, 0.15) is 43.2 Å². The minimum Gasteiger partial charge on any atom is -0.495 e. The van der Waals surface area contributed by atoms with Crippen LogP contribution in [0.3, 0.4) is 0 Å². The summed E-state index contributed by atoms with van der Waals surface area (Å²) in [5.41, 5.74) is 1.58. The summed E-state index contributed by atoms with van der Waals surface area (Å²) >= 11 is 18.7. The maximum atomic E-state index is 14.3. The number of hydrogen-bond donors (Lipinski definition) is 1. The zero-order valence-electron chi connectivity index (χ0n) is 24.6. The molecular formula is C32H36Cl3N3O5S. The molecule has 1 N–H and O–H groups in total.